The lowest BCUT2D eigenvalue weighted by molar-refractivity contribution is 0.0717. The fraction of sp³-hybridized carbons (Fsp3) is 0.471. The van der Waals surface area contributed by atoms with Crippen LogP contribution >= 0.6 is 15.9 Å². The first-order valence-electron chi connectivity index (χ1n) is 8.08. The van der Waals surface area contributed by atoms with E-state index >= 15 is 0 Å². The monoisotopic (exact) mass is 391 g/mol. The third-order valence-corrected chi connectivity index (χ3v) is 4.97. The first-order chi connectivity index (χ1) is 11.5. The molecule has 0 aromatic carbocycles. The lowest BCUT2D eigenvalue weighted by Crippen LogP contribution is -2.49. The van der Waals surface area contributed by atoms with E-state index in [0.29, 0.717) is 5.56 Å². The summed E-state index contributed by atoms with van der Waals surface area (Å²) in [7, 11) is 3.70. The lowest BCUT2D eigenvalue weighted by Gasteiger charge is -2.38. The van der Waals surface area contributed by atoms with E-state index in [1.54, 1.807) is 17.1 Å². The van der Waals surface area contributed by atoms with Gasteiger partial charge in [0.2, 0.25) is 0 Å². The average molecular weight is 392 g/mol. The van der Waals surface area contributed by atoms with Crippen molar-refractivity contribution in [1.29, 1.82) is 0 Å². The van der Waals surface area contributed by atoms with Crippen molar-refractivity contribution in [1.82, 2.24) is 19.7 Å². The minimum Gasteiger partial charge on any atom is -0.354 e. The Bertz CT molecular complexity index is 744. The summed E-state index contributed by atoms with van der Waals surface area (Å²) in [5.74, 6) is 1.03. The predicted octanol–water partition coefficient (Wildman–Crippen LogP) is 2.63. The van der Waals surface area contributed by atoms with Gasteiger partial charge in [0.15, 0.2) is 0 Å². The van der Waals surface area contributed by atoms with Crippen molar-refractivity contribution in [3.05, 3.63) is 40.3 Å². The number of carbonyl (C=O) groups is 1. The largest absolute Gasteiger partial charge is 0.354 e. The second-order valence-electron chi connectivity index (χ2n) is 6.35. The number of anilines is 1. The Labute approximate surface area is 150 Å². The zero-order valence-corrected chi connectivity index (χ0v) is 15.8. The molecular weight excluding hydrogens is 370 g/mol. The highest BCUT2D eigenvalue weighted by atomic mass is 79.9. The number of piperidine rings is 1. The number of aromatic nitrogens is 3. The van der Waals surface area contributed by atoms with Crippen molar-refractivity contribution >= 4 is 27.7 Å². The number of hydrogen-bond acceptors (Lipinski definition) is 4. The number of carbonyl (C=O) groups excluding carboxylic acids is 1. The van der Waals surface area contributed by atoms with Gasteiger partial charge >= 0.3 is 0 Å². The molecule has 1 aliphatic heterocycles. The molecule has 1 atom stereocenters. The summed E-state index contributed by atoms with van der Waals surface area (Å²) in [6, 6.07) is 2.26. The zero-order valence-electron chi connectivity index (χ0n) is 14.2. The highest BCUT2D eigenvalue weighted by molar-refractivity contribution is 9.10. The molecule has 6 nitrogen and oxygen atoms in total. The summed E-state index contributed by atoms with van der Waals surface area (Å²) in [4.78, 5) is 21.3. The van der Waals surface area contributed by atoms with Crippen LogP contribution in [-0.2, 0) is 7.05 Å². The van der Waals surface area contributed by atoms with E-state index in [4.69, 9.17) is 0 Å². The minimum atomic E-state index is 0.0236. The number of aryl methyl sites for hydroxylation is 2. The number of rotatable bonds is 3. The standard InChI is InChI=1S/C17H22BrN5O/c1-12-7-14(18)9-19-16(12)23-6-4-5-15(11-23)22(3)17(24)13-8-20-21(2)10-13/h7-10,15H,4-6,11H2,1-3H3. The van der Waals surface area contributed by atoms with Gasteiger partial charge in [-0.2, -0.15) is 5.10 Å². The third kappa shape index (κ3) is 3.45. The molecule has 1 fully saturated rings. The molecule has 2 aromatic rings. The summed E-state index contributed by atoms with van der Waals surface area (Å²) >= 11 is 3.46. The molecule has 24 heavy (non-hydrogen) atoms. The first-order valence-corrected chi connectivity index (χ1v) is 8.88. The Balaban J connectivity index is 1.74. The molecule has 1 aliphatic rings. The molecule has 0 spiro atoms. The van der Waals surface area contributed by atoms with Crippen LogP contribution in [0.15, 0.2) is 29.1 Å². The third-order valence-electron chi connectivity index (χ3n) is 4.53. The number of amides is 1. The molecular formula is C17H22BrN5O. The predicted molar refractivity (Wildman–Crippen MR) is 97.2 cm³/mol. The van der Waals surface area contributed by atoms with Crippen LogP contribution in [0.2, 0.25) is 0 Å². The van der Waals surface area contributed by atoms with E-state index in [1.807, 2.05) is 25.2 Å². The van der Waals surface area contributed by atoms with Gasteiger partial charge in [-0.1, -0.05) is 0 Å². The minimum absolute atomic E-state index is 0.0236. The molecule has 0 N–H and O–H groups in total. The van der Waals surface area contributed by atoms with Crippen LogP contribution < -0.4 is 4.90 Å². The van der Waals surface area contributed by atoms with Gasteiger partial charge in [0.25, 0.3) is 5.91 Å². The van der Waals surface area contributed by atoms with Gasteiger partial charge in [-0.05, 0) is 47.3 Å². The second kappa shape index (κ2) is 6.93. The number of hydrogen-bond donors (Lipinski definition) is 0. The van der Waals surface area contributed by atoms with Gasteiger partial charge in [0.1, 0.15) is 5.82 Å². The molecule has 1 amide bonds. The van der Waals surface area contributed by atoms with Crippen molar-refractivity contribution in [2.75, 3.05) is 25.0 Å². The van der Waals surface area contributed by atoms with Gasteiger partial charge in [0.05, 0.1) is 11.8 Å². The SMILES string of the molecule is Cc1cc(Br)cnc1N1CCCC(N(C)C(=O)c2cnn(C)c2)C1. The number of nitrogens with zero attached hydrogens (tertiary/aromatic N) is 5. The summed E-state index contributed by atoms with van der Waals surface area (Å²) in [6.45, 7) is 3.85. The molecule has 3 heterocycles. The van der Waals surface area contributed by atoms with Gasteiger partial charge in [-0.15, -0.1) is 0 Å². The van der Waals surface area contributed by atoms with Crippen LogP contribution in [0.5, 0.6) is 0 Å². The Kier molecular flexibility index (Phi) is 4.89. The molecule has 128 valence electrons. The summed E-state index contributed by atoms with van der Waals surface area (Å²) in [6.07, 6.45) is 7.28. The van der Waals surface area contributed by atoms with Crippen molar-refractivity contribution in [2.24, 2.45) is 7.05 Å². The van der Waals surface area contributed by atoms with Crippen LogP contribution in [0, 0.1) is 6.92 Å². The van der Waals surface area contributed by atoms with Crippen LogP contribution in [-0.4, -0.2) is 51.8 Å². The fourth-order valence-corrected chi connectivity index (χ4v) is 3.67. The molecule has 1 unspecified atom stereocenters. The normalized spacial score (nSPS) is 17.8. The molecule has 0 saturated carbocycles. The van der Waals surface area contributed by atoms with Crippen molar-refractivity contribution in [2.45, 2.75) is 25.8 Å². The van der Waals surface area contributed by atoms with E-state index in [-0.39, 0.29) is 11.9 Å². The van der Waals surface area contributed by atoms with Gasteiger partial charge < -0.3 is 9.80 Å². The molecule has 7 heteroatoms. The second-order valence-corrected chi connectivity index (χ2v) is 7.27. The summed E-state index contributed by atoms with van der Waals surface area (Å²) in [5.41, 5.74) is 1.78. The smallest absolute Gasteiger partial charge is 0.257 e. The van der Waals surface area contributed by atoms with E-state index in [2.05, 4.69) is 43.9 Å². The van der Waals surface area contributed by atoms with E-state index in [0.717, 1.165) is 41.8 Å². The maximum atomic E-state index is 12.6. The van der Waals surface area contributed by atoms with Crippen molar-refractivity contribution in [3.63, 3.8) is 0 Å². The first kappa shape index (κ1) is 17.0. The van der Waals surface area contributed by atoms with Crippen LogP contribution in [0.4, 0.5) is 5.82 Å². The fourth-order valence-electron chi connectivity index (χ4n) is 3.23. The highest BCUT2D eigenvalue weighted by Crippen LogP contribution is 2.25. The Morgan fingerprint density at radius 2 is 2.21 bits per heavy atom. The number of halogens is 1. The number of pyridine rings is 1. The van der Waals surface area contributed by atoms with Crippen molar-refractivity contribution in [3.8, 4) is 0 Å². The maximum absolute atomic E-state index is 12.6. The Morgan fingerprint density at radius 1 is 1.42 bits per heavy atom. The molecule has 0 radical (unpaired) electrons. The summed E-state index contributed by atoms with van der Waals surface area (Å²) < 4.78 is 2.64. The molecule has 0 aliphatic carbocycles. The topological polar surface area (TPSA) is 54.3 Å². The number of likely N-dealkylation sites (N-methyl/N-ethyl adjacent to an activating group) is 1. The Hall–Kier alpha value is -1.89. The highest BCUT2D eigenvalue weighted by Gasteiger charge is 2.28. The maximum Gasteiger partial charge on any atom is 0.257 e. The molecule has 0 bridgehead atoms. The summed E-state index contributed by atoms with van der Waals surface area (Å²) in [5, 5.41) is 4.09. The average Bonchev–Trinajstić information content (AvgIpc) is 3.00. The van der Waals surface area contributed by atoms with Gasteiger partial charge in [-0.3, -0.25) is 9.48 Å². The van der Waals surface area contributed by atoms with Crippen LogP contribution in [0.3, 0.4) is 0 Å². The molecule has 2 aromatic heterocycles. The van der Waals surface area contributed by atoms with Gasteiger partial charge in [-0.25, -0.2) is 4.98 Å². The molecule has 3 rings (SSSR count). The van der Waals surface area contributed by atoms with Crippen LogP contribution in [0.1, 0.15) is 28.8 Å². The molecule has 1 saturated heterocycles. The van der Waals surface area contributed by atoms with Gasteiger partial charge in [0, 0.05) is 50.1 Å². The van der Waals surface area contributed by atoms with E-state index in [1.165, 1.54) is 0 Å². The van der Waals surface area contributed by atoms with E-state index < -0.39 is 0 Å². The Morgan fingerprint density at radius 3 is 2.88 bits per heavy atom. The quantitative estimate of drug-likeness (QED) is 0.806. The zero-order chi connectivity index (χ0) is 17.3. The van der Waals surface area contributed by atoms with E-state index in [9.17, 15) is 4.79 Å². The lowest BCUT2D eigenvalue weighted by atomic mass is 10.0. The van der Waals surface area contributed by atoms with Crippen LogP contribution in [0.25, 0.3) is 0 Å². The van der Waals surface area contributed by atoms with Crippen molar-refractivity contribution < 1.29 is 4.79 Å².